The number of hydrogen-bond donors (Lipinski definition) is 0. The molecule has 0 amide bonds. The highest BCUT2D eigenvalue weighted by Gasteiger charge is 2.21. The lowest BCUT2D eigenvalue weighted by molar-refractivity contribution is 0.184. The van der Waals surface area contributed by atoms with Gasteiger partial charge in [0.05, 0.1) is 0 Å². The van der Waals surface area contributed by atoms with E-state index in [0.717, 1.165) is 12.3 Å². The Morgan fingerprint density at radius 1 is 1.27 bits per heavy atom. The number of rotatable bonds is 6. The van der Waals surface area contributed by atoms with E-state index < -0.39 is 0 Å². The van der Waals surface area contributed by atoms with E-state index in [1.807, 2.05) is 30.3 Å². The van der Waals surface area contributed by atoms with Crippen molar-refractivity contribution in [1.29, 1.82) is 0 Å². The normalized spacial score (nSPS) is 18.0. The molecule has 0 bridgehead atoms. The minimum absolute atomic E-state index is 0. The molecule has 22 heavy (non-hydrogen) atoms. The van der Waals surface area contributed by atoms with E-state index in [0.29, 0.717) is 30.9 Å². The number of ether oxygens (including phenoxy) is 2. The molecule has 2 aromatic rings. The first-order valence-electron chi connectivity index (χ1n) is 7.28. The molecule has 6 heteroatoms. The van der Waals surface area contributed by atoms with Gasteiger partial charge in [0.25, 0.3) is 5.88 Å². The molecule has 0 radical (unpaired) electrons. The van der Waals surface area contributed by atoms with Crippen molar-refractivity contribution in [3.05, 3.63) is 42.2 Å². The van der Waals surface area contributed by atoms with Gasteiger partial charge in [0.15, 0.2) is 5.76 Å². The molecule has 0 unspecified atom stereocenters. The Hall–Kier alpha value is -1.72. The summed E-state index contributed by atoms with van der Waals surface area (Å²) in [7, 11) is 2.13. The van der Waals surface area contributed by atoms with Crippen LogP contribution in [0.4, 0.5) is 0 Å². The van der Waals surface area contributed by atoms with Crippen molar-refractivity contribution in [3.63, 3.8) is 0 Å². The molecule has 1 saturated heterocycles. The predicted octanol–water partition coefficient (Wildman–Crippen LogP) is 3.15. The minimum Gasteiger partial charge on any atom is -0.486 e. The molecule has 3 rings (SSSR count). The summed E-state index contributed by atoms with van der Waals surface area (Å²) in [5.74, 6) is 2.00. The van der Waals surface area contributed by atoms with E-state index >= 15 is 0 Å². The van der Waals surface area contributed by atoms with Crippen LogP contribution in [0.1, 0.15) is 18.6 Å². The van der Waals surface area contributed by atoms with Gasteiger partial charge >= 0.3 is 0 Å². The van der Waals surface area contributed by atoms with Gasteiger partial charge in [-0.2, -0.15) is 0 Å². The average Bonchev–Trinajstić information content (AvgIpc) is 3.13. The topological polar surface area (TPSA) is 47.7 Å². The third kappa shape index (κ3) is 4.39. The molecule has 2 heterocycles. The van der Waals surface area contributed by atoms with E-state index in [-0.39, 0.29) is 12.4 Å². The van der Waals surface area contributed by atoms with Gasteiger partial charge in [-0.25, -0.2) is 0 Å². The number of para-hydroxylation sites is 1. The van der Waals surface area contributed by atoms with Gasteiger partial charge in [-0.05, 0) is 43.7 Å². The lowest BCUT2D eigenvalue weighted by Gasteiger charge is -2.18. The second-order valence-electron chi connectivity index (χ2n) is 5.32. The van der Waals surface area contributed by atoms with E-state index in [1.165, 1.54) is 12.8 Å². The molecule has 5 nitrogen and oxygen atoms in total. The molecule has 1 aromatic heterocycles. The fraction of sp³-hybridized carbons (Fsp3) is 0.438. The van der Waals surface area contributed by atoms with Crippen LogP contribution in [0.25, 0.3) is 0 Å². The number of benzene rings is 1. The summed E-state index contributed by atoms with van der Waals surface area (Å²) in [6, 6.07) is 11.9. The van der Waals surface area contributed by atoms with E-state index in [1.54, 1.807) is 6.07 Å². The number of likely N-dealkylation sites (tertiary alicyclic amines) is 1. The number of nitrogens with zero attached hydrogens (tertiary/aromatic N) is 2. The van der Waals surface area contributed by atoms with Crippen LogP contribution in [0, 0.1) is 0 Å². The summed E-state index contributed by atoms with van der Waals surface area (Å²) in [6.45, 7) is 2.15. The highest BCUT2D eigenvalue weighted by Crippen LogP contribution is 2.18. The zero-order valence-electron chi connectivity index (χ0n) is 12.6. The zero-order chi connectivity index (χ0) is 14.5. The van der Waals surface area contributed by atoms with Crippen LogP contribution in [0.15, 0.2) is 40.9 Å². The fourth-order valence-electron chi connectivity index (χ4n) is 2.47. The van der Waals surface area contributed by atoms with Crippen LogP contribution in [-0.2, 0) is 6.61 Å². The fourth-order valence-corrected chi connectivity index (χ4v) is 2.47. The molecule has 120 valence electrons. The van der Waals surface area contributed by atoms with Crippen LogP contribution in [0.5, 0.6) is 11.6 Å². The first-order valence-corrected chi connectivity index (χ1v) is 7.28. The average molecular weight is 325 g/mol. The molecule has 1 aliphatic heterocycles. The molecule has 1 aromatic carbocycles. The summed E-state index contributed by atoms with van der Waals surface area (Å²) in [5, 5.41) is 3.92. The smallest absolute Gasteiger partial charge is 0.254 e. The Morgan fingerprint density at radius 2 is 2.09 bits per heavy atom. The van der Waals surface area contributed by atoms with Crippen molar-refractivity contribution >= 4 is 12.4 Å². The maximum atomic E-state index is 5.69. The summed E-state index contributed by atoms with van der Waals surface area (Å²) in [6.07, 6.45) is 2.41. The number of aromatic nitrogens is 1. The summed E-state index contributed by atoms with van der Waals surface area (Å²) < 4.78 is 16.5. The van der Waals surface area contributed by atoms with Gasteiger partial charge in [0.1, 0.15) is 19.0 Å². The number of likely N-dealkylation sites (N-methyl/N-ethyl adjacent to an activating group) is 1. The molecule has 0 saturated carbocycles. The van der Waals surface area contributed by atoms with Gasteiger partial charge in [-0.15, -0.1) is 12.4 Å². The van der Waals surface area contributed by atoms with E-state index in [2.05, 4.69) is 17.1 Å². The van der Waals surface area contributed by atoms with Crippen molar-refractivity contribution in [2.45, 2.75) is 25.5 Å². The van der Waals surface area contributed by atoms with Crippen LogP contribution >= 0.6 is 12.4 Å². The van der Waals surface area contributed by atoms with Crippen LogP contribution in [0.2, 0.25) is 0 Å². The minimum atomic E-state index is 0. The second kappa shape index (κ2) is 8.06. The molecular weight excluding hydrogens is 304 g/mol. The summed E-state index contributed by atoms with van der Waals surface area (Å²) in [4.78, 5) is 2.32. The number of halogens is 1. The molecule has 0 aliphatic carbocycles. The lowest BCUT2D eigenvalue weighted by atomic mass is 10.2. The maximum Gasteiger partial charge on any atom is 0.254 e. The number of hydrogen-bond acceptors (Lipinski definition) is 5. The zero-order valence-corrected chi connectivity index (χ0v) is 13.4. The van der Waals surface area contributed by atoms with Crippen molar-refractivity contribution in [2.24, 2.45) is 0 Å². The summed E-state index contributed by atoms with van der Waals surface area (Å²) in [5.41, 5.74) is 0. The van der Waals surface area contributed by atoms with Crippen molar-refractivity contribution < 1.29 is 14.0 Å². The van der Waals surface area contributed by atoms with Crippen molar-refractivity contribution in [1.82, 2.24) is 10.1 Å². The highest BCUT2D eigenvalue weighted by molar-refractivity contribution is 5.85. The van der Waals surface area contributed by atoms with Gasteiger partial charge in [0.2, 0.25) is 0 Å². The Kier molecular flexibility index (Phi) is 6.10. The Morgan fingerprint density at radius 3 is 2.82 bits per heavy atom. The molecule has 1 atom stereocenters. The van der Waals surface area contributed by atoms with Crippen molar-refractivity contribution in [2.75, 3.05) is 20.2 Å². The van der Waals surface area contributed by atoms with E-state index in [4.69, 9.17) is 14.0 Å². The van der Waals surface area contributed by atoms with Gasteiger partial charge in [0, 0.05) is 12.1 Å². The monoisotopic (exact) mass is 324 g/mol. The summed E-state index contributed by atoms with van der Waals surface area (Å²) >= 11 is 0. The van der Waals surface area contributed by atoms with Gasteiger partial charge in [-0.1, -0.05) is 18.2 Å². The van der Waals surface area contributed by atoms with E-state index in [9.17, 15) is 0 Å². The quantitative estimate of drug-likeness (QED) is 0.817. The third-order valence-corrected chi connectivity index (χ3v) is 3.76. The molecule has 1 aliphatic rings. The molecule has 0 spiro atoms. The maximum absolute atomic E-state index is 5.69. The largest absolute Gasteiger partial charge is 0.486 e. The first kappa shape index (κ1) is 16.6. The first-order chi connectivity index (χ1) is 10.3. The standard InChI is InChI=1S/C16H20N2O3.ClH/c1-18-9-5-6-13(18)11-20-16-10-15(21-17-16)12-19-14-7-3-2-4-8-14;/h2-4,7-8,10,13H,5-6,9,11-12H2,1H3;1H/t13-;/m0./s1. The third-order valence-electron chi connectivity index (χ3n) is 3.76. The predicted molar refractivity (Wildman–Crippen MR) is 85.7 cm³/mol. The Labute approximate surface area is 136 Å². The SMILES string of the molecule is CN1CCC[C@H]1COc1cc(COc2ccccc2)on1.Cl. The van der Waals surface area contributed by atoms with Crippen molar-refractivity contribution in [3.8, 4) is 11.6 Å². The highest BCUT2D eigenvalue weighted by atomic mass is 35.5. The van der Waals surface area contributed by atoms with Crippen LogP contribution < -0.4 is 9.47 Å². The van der Waals surface area contributed by atoms with Gasteiger partial charge < -0.3 is 18.9 Å². The van der Waals surface area contributed by atoms with Crippen LogP contribution in [-0.4, -0.2) is 36.3 Å². The lowest BCUT2D eigenvalue weighted by Crippen LogP contribution is -2.30. The second-order valence-corrected chi connectivity index (χ2v) is 5.32. The van der Waals surface area contributed by atoms with Crippen LogP contribution in [0.3, 0.4) is 0 Å². The molecular formula is C16H21ClN2O3. The Balaban J connectivity index is 0.00000176. The molecule has 0 N–H and O–H groups in total. The van der Waals surface area contributed by atoms with Gasteiger partial charge in [-0.3, -0.25) is 0 Å². The Bertz CT molecular complexity index is 562. The molecule has 1 fully saturated rings.